The Kier molecular flexibility index (Phi) is 6.89. The zero-order valence-electron chi connectivity index (χ0n) is 23.0. The van der Waals surface area contributed by atoms with Gasteiger partial charge in [-0.3, -0.25) is 18.7 Å². The predicted octanol–water partition coefficient (Wildman–Crippen LogP) is 6.06. The van der Waals surface area contributed by atoms with Crippen LogP contribution in [0, 0.1) is 0 Å². The molecule has 2 aliphatic rings. The Morgan fingerprint density at radius 3 is 2.67 bits per heavy atom. The Morgan fingerprint density at radius 1 is 1.20 bits per heavy atom. The molecule has 0 aliphatic carbocycles. The fraction of sp³-hybridized carbons (Fsp3) is 0.423. The Hall–Kier alpha value is -2.64. The van der Waals surface area contributed by atoms with Gasteiger partial charge in [-0.15, -0.1) is 0 Å². The molecule has 3 aromatic heterocycles. The third-order valence-electron chi connectivity index (χ3n) is 7.77. The summed E-state index contributed by atoms with van der Waals surface area (Å²) in [5.41, 5.74) is 8.75. The van der Waals surface area contributed by atoms with E-state index in [9.17, 15) is 4.57 Å². The lowest BCUT2D eigenvalue weighted by molar-refractivity contribution is -0.0569. The number of nitrogens with one attached hydrogen (secondary N) is 1. The van der Waals surface area contributed by atoms with Gasteiger partial charge in [0.2, 0.25) is 0 Å². The van der Waals surface area contributed by atoms with Gasteiger partial charge in [-0.2, -0.15) is 11.3 Å². The molecule has 5 heterocycles. The third-order valence-corrected chi connectivity index (χ3v) is 14.5. The van der Waals surface area contributed by atoms with E-state index in [2.05, 4.69) is 48.9 Å². The van der Waals surface area contributed by atoms with E-state index in [1.54, 1.807) is 11.3 Å². The first kappa shape index (κ1) is 27.5. The molecule has 40 heavy (non-hydrogen) atoms. The molecule has 5 atom stereocenters. The number of benzene rings is 1. The largest absolute Gasteiger partial charge is 0.433 e. The summed E-state index contributed by atoms with van der Waals surface area (Å²) in [6, 6.07) is 11.2. The quantitative estimate of drug-likeness (QED) is 0.199. The maximum Gasteiger partial charge on any atom is 0.433 e. The van der Waals surface area contributed by atoms with Crippen molar-refractivity contribution in [3.8, 4) is 11.4 Å². The monoisotopic (exact) mass is 600 g/mol. The molecule has 5 unspecified atom stereocenters. The standard InChI is InChI=1S/C26H33N6O5PSSi/c1-26(2,3)40(4,5)37-21-20-18(13-34-38(33,36-20)31-17-9-7-6-8-10-17)35-25(21)32-23(16-11-12-39-14-16)30-19-22(27)28-15-29-24(19)32/h6-12,14-15,18,20-21,25H,13H2,1-5H3,(H,31,33)(H2,27,28,29). The maximum absolute atomic E-state index is 13.8. The second-order valence-corrected chi connectivity index (χ2v) is 18.7. The predicted molar refractivity (Wildman–Crippen MR) is 158 cm³/mol. The summed E-state index contributed by atoms with van der Waals surface area (Å²) in [7, 11) is -6.11. The molecular weight excluding hydrogens is 567 g/mol. The molecule has 0 bridgehead atoms. The van der Waals surface area contributed by atoms with E-state index in [1.807, 2.05) is 51.7 Å². The van der Waals surface area contributed by atoms with Crippen LogP contribution >= 0.6 is 19.1 Å². The minimum atomic E-state index is -3.73. The fourth-order valence-corrected chi connectivity index (χ4v) is 8.16. The first-order valence-corrected chi connectivity index (χ1v) is 18.5. The van der Waals surface area contributed by atoms with E-state index in [1.165, 1.54) is 6.33 Å². The van der Waals surface area contributed by atoms with Crippen LogP contribution in [-0.2, 0) is 22.8 Å². The van der Waals surface area contributed by atoms with E-state index in [0.717, 1.165) is 5.56 Å². The highest BCUT2D eigenvalue weighted by atomic mass is 32.1. The smallest absolute Gasteiger partial charge is 0.407 e. The number of nitrogen functional groups attached to an aromatic ring is 1. The molecule has 0 radical (unpaired) electrons. The third kappa shape index (κ3) is 4.89. The summed E-state index contributed by atoms with van der Waals surface area (Å²) in [6.07, 6.45) is -1.14. The van der Waals surface area contributed by atoms with Gasteiger partial charge in [-0.25, -0.2) is 19.5 Å². The van der Waals surface area contributed by atoms with E-state index in [0.29, 0.717) is 22.7 Å². The molecule has 6 rings (SSSR count). The summed E-state index contributed by atoms with van der Waals surface area (Å²) in [4.78, 5) is 13.5. The average Bonchev–Trinajstić information content (AvgIpc) is 3.62. The van der Waals surface area contributed by atoms with Gasteiger partial charge in [0.05, 0.1) is 6.61 Å². The van der Waals surface area contributed by atoms with Crippen molar-refractivity contribution in [2.24, 2.45) is 0 Å². The highest BCUT2D eigenvalue weighted by Crippen LogP contribution is 2.57. The Bertz CT molecular complexity index is 1560. The van der Waals surface area contributed by atoms with Crippen LogP contribution in [0.3, 0.4) is 0 Å². The Morgan fingerprint density at radius 2 is 1.98 bits per heavy atom. The molecule has 2 saturated heterocycles. The number of hydrogen-bond acceptors (Lipinski definition) is 10. The molecule has 3 N–H and O–H groups in total. The van der Waals surface area contributed by atoms with Crippen LogP contribution in [0.2, 0.25) is 18.1 Å². The van der Waals surface area contributed by atoms with Crippen LogP contribution in [0.5, 0.6) is 0 Å². The molecule has 4 aromatic rings. The summed E-state index contributed by atoms with van der Waals surface area (Å²) in [5, 5.41) is 6.84. The summed E-state index contributed by atoms with van der Waals surface area (Å²) >= 11 is 1.56. The van der Waals surface area contributed by atoms with Crippen LogP contribution in [-0.4, -0.2) is 52.8 Å². The minimum Gasteiger partial charge on any atom is -0.407 e. The second kappa shape index (κ2) is 10.0. The number of ether oxygens (including phenoxy) is 1. The number of para-hydroxylation sites is 1. The van der Waals surface area contributed by atoms with Gasteiger partial charge in [0, 0.05) is 16.6 Å². The number of nitrogens with two attached hydrogens (primary N) is 1. The number of nitrogens with zero attached hydrogens (tertiary/aromatic N) is 4. The van der Waals surface area contributed by atoms with E-state index >= 15 is 0 Å². The van der Waals surface area contributed by atoms with Crippen molar-refractivity contribution in [2.75, 3.05) is 17.4 Å². The summed E-state index contributed by atoms with van der Waals surface area (Å²) in [5.74, 6) is 0.899. The highest BCUT2D eigenvalue weighted by molar-refractivity contribution is 7.55. The number of thiophene rings is 1. The van der Waals surface area contributed by atoms with Crippen LogP contribution in [0.15, 0.2) is 53.5 Å². The van der Waals surface area contributed by atoms with Crippen molar-refractivity contribution in [3.63, 3.8) is 0 Å². The molecule has 11 nitrogen and oxygen atoms in total. The van der Waals surface area contributed by atoms with Crippen molar-refractivity contribution in [2.45, 2.75) is 63.4 Å². The number of anilines is 2. The first-order valence-electron chi connectivity index (χ1n) is 13.1. The van der Waals surface area contributed by atoms with Gasteiger partial charge in [0.25, 0.3) is 0 Å². The van der Waals surface area contributed by atoms with Gasteiger partial charge in [-0.1, -0.05) is 39.0 Å². The summed E-state index contributed by atoms with van der Waals surface area (Å²) in [6.45, 7) is 10.9. The molecule has 1 aromatic carbocycles. The molecule has 0 amide bonds. The van der Waals surface area contributed by atoms with Crippen molar-refractivity contribution < 1.29 is 22.8 Å². The Balaban J connectivity index is 1.45. The normalized spacial score (nSPS) is 27.1. The first-order chi connectivity index (χ1) is 19.0. The van der Waals surface area contributed by atoms with Crippen molar-refractivity contribution in [3.05, 3.63) is 53.5 Å². The SMILES string of the molecule is CC(C)(C)[Si](C)(C)OC1C2OP(=O)(Nc3ccccc3)OCC2OC1n1c(-c2ccsc2)nc2c(N)ncnc21. The highest BCUT2D eigenvalue weighted by Gasteiger charge is 2.57. The van der Waals surface area contributed by atoms with Crippen molar-refractivity contribution in [1.29, 1.82) is 0 Å². The molecule has 14 heteroatoms. The lowest BCUT2D eigenvalue weighted by Crippen LogP contribution is -2.50. The number of imidazole rings is 1. The fourth-order valence-electron chi connectivity index (χ4n) is 4.67. The zero-order chi connectivity index (χ0) is 28.3. The number of aromatic nitrogens is 4. The minimum absolute atomic E-state index is 0.0627. The van der Waals surface area contributed by atoms with Crippen LogP contribution in [0.1, 0.15) is 27.0 Å². The molecule has 2 aliphatic heterocycles. The maximum atomic E-state index is 13.8. The molecular formula is C26H33N6O5PSSi. The lowest BCUT2D eigenvalue weighted by Gasteiger charge is -2.41. The number of fused-ring (bicyclic) bond motifs is 2. The molecule has 0 spiro atoms. The van der Waals surface area contributed by atoms with Gasteiger partial charge in [0.1, 0.15) is 30.5 Å². The van der Waals surface area contributed by atoms with Crippen molar-refractivity contribution in [1.82, 2.24) is 19.5 Å². The van der Waals surface area contributed by atoms with Crippen LogP contribution < -0.4 is 10.8 Å². The zero-order valence-corrected chi connectivity index (χ0v) is 25.7. The molecule has 212 valence electrons. The van der Waals surface area contributed by atoms with E-state index < -0.39 is 40.6 Å². The van der Waals surface area contributed by atoms with E-state index in [4.69, 9.17) is 28.9 Å². The van der Waals surface area contributed by atoms with Crippen molar-refractivity contribution >= 4 is 50.1 Å². The van der Waals surface area contributed by atoms with Crippen LogP contribution in [0.25, 0.3) is 22.6 Å². The Labute approximate surface area is 237 Å². The molecule has 2 fully saturated rings. The topological polar surface area (TPSA) is 136 Å². The number of rotatable bonds is 6. The average molecular weight is 601 g/mol. The van der Waals surface area contributed by atoms with Gasteiger partial charge < -0.3 is 14.9 Å². The van der Waals surface area contributed by atoms with E-state index in [-0.39, 0.29) is 17.5 Å². The lowest BCUT2D eigenvalue weighted by atomic mass is 10.1. The van der Waals surface area contributed by atoms with Gasteiger partial charge in [-0.05, 0) is 41.7 Å². The molecule has 0 saturated carbocycles. The summed E-state index contributed by atoms with van der Waals surface area (Å²) < 4.78 is 41.5. The number of hydrogen-bond donors (Lipinski definition) is 2. The van der Waals surface area contributed by atoms with Gasteiger partial charge in [0.15, 0.2) is 31.5 Å². The van der Waals surface area contributed by atoms with Gasteiger partial charge >= 0.3 is 7.75 Å². The second-order valence-electron chi connectivity index (χ2n) is 11.5. The van der Waals surface area contributed by atoms with Crippen LogP contribution in [0.4, 0.5) is 11.5 Å².